The molecule has 0 aromatic heterocycles. The predicted molar refractivity (Wildman–Crippen MR) is 101 cm³/mol. The highest BCUT2D eigenvalue weighted by Crippen LogP contribution is 2.36. The molecule has 2 amide bonds. The zero-order chi connectivity index (χ0) is 20.5. The number of aliphatic hydroxyl groups excluding tert-OH is 1. The van der Waals surface area contributed by atoms with Crippen LogP contribution in [0.1, 0.15) is 19.3 Å². The Morgan fingerprint density at radius 1 is 1.39 bits per heavy atom. The van der Waals surface area contributed by atoms with Gasteiger partial charge >= 0.3 is 0 Å². The van der Waals surface area contributed by atoms with Gasteiger partial charge in [-0.1, -0.05) is 6.07 Å². The van der Waals surface area contributed by atoms with Crippen LogP contribution >= 0.6 is 0 Å². The molecule has 0 spiro atoms. The van der Waals surface area contributed by atoms with Crippen molar-refractivity contribution < 1.29 is 27.9 Å². The summed E-state index contributed by atoms with van der Waals surface area (Å²) in [5.41, 5.74) is 0.377. The number of carbonyl (C=O) groups excluding carboxylic acids is 2. The van der Waals surface area contributed by atoms with Crippen LogP contribution in [0.25, 0.3) is 0 Å². The molecule has 10 heteroatoms. The lowest BCUT2D eigenvalue weighted by molar-refractivity contribution is -0.131. The largest absolute Gasteiger partial charge is 0.493 e. The first kappa shape index (κ1) is 20.6. The number of anilines is 1. The molecule has 0 aliphatic carbocycles. The quantitative estimate of drug-likeness (QED) is 0.676. The maximum atomic E-state index is 12.9. The molecular weight excluding hydrogens is 386 g/mol. The number of benzene rings is 1. The number of ether oxygens (including phenoxy) is 1. The van der Waals surface area contributed by atoms with Gasteiger partial charge in [0.1, 0.15) is 10.9 Å². The summed E-state index contributed by atoms with van der Waals surface area (Å²) in [4.78, 5) is 27.2. The fraction of sp³-hybridized carbons (Fsp3) is 0.500. The molecule has 3 rings (SSSR count). The summed E-state index contributed by atoms with van der Waals surface area (Å²) in [6.07, 6.45) is 0.928. The topological polar surface area (TPSA) is 116 Å². The van der Waals surface area contributed by atoms with Crippen molar-refractivity contribution in [2.75, 3.05) is 31.6 Å². The molecule has 2 aliphatic rings. The molecule has 28 heavy (non-hydrogen) atoms. The highest BCUT2D eigenvalue weighted by atomic mass is 32.2. The smallest absolute Gasteiger partial charge is 0.245 e. The van der Waals surface area contributed by atoms with Gasteiger partial charge in [0.25, 0.3) is 0 Å². The van der Waals surface area contributed by atoms with Gasteiger partial charge in [0.15, 0.2) is 5.75 Å². The number of nitrogens with one attached hydrogen (secondary N) is 1. The van der Waals surface area contributed by atoms with Crippen molar-refractivity contribution in [1.29, 1.82) is 0 Å². The third kappa shape index (κ3) is 3.98. The zero-order valence-electron chi connectivity index (χ0n) is 15.6. The summed E-state index contributed by atoms with van der Waals surface area (Å²) < 4.78 is 33.4. The van der Waals surface area contributed by atoms with Crippen LogP contribution in [0, 0.1) is 6.92 Å². The van der Waals surface area contributed by atoms with E-state index in [0.29, 0.717) is 38.0 Å². The van der Waals surface area contributed by atoms with Crippen LogP contribution in [0.4, 0.5) is 5.69 Å². The summed E-state index contributed by atoms with van der Waals surface area (Å²) in [6.45, 7) is 4.61. The number of amides is 2. The molecule has 2 saturated heterocycles. The van der Waals surface area contributed by atoms with Crippen molar-refractivity contribution in [3.8, 4) is 5.75 Å². The summed E-state index contributed by atoms with van der Waals surface area (Å²) in [6, 6.07) is 3.24. The number of para-hydroxylation sites is 1. The van der Waals surface area contributed by atoms with Gasteiger partial charge < -0.3 is 19.6 Å². The molecule has 0 unspecified atom stereocenters. The van der Waals surface area contributed by atoms with Gasteiger partial charge in [-0.3, -0.25) is 9.59 Å². The Kier molecular flexibility index (Phi) is 5.92. The Hall–Kier alpha value is -2.17. The number of hydrogen-bond acceptors (Lipinski definition) is 6. The number of carbonyl (C=O) groups is 2. The van der Waals surface area contributed by atoms with Crippen LogP contribution in [0.2, 0.25) is 0 Å². The fourth-order valence-electron chi connectivity index (χ4n) is 3.50. The molecular formula is C18H24N3O6S. The number of hydrogen-bond donors (Lipinski definition) is 2. The maximum absolute atomic E-state index is 12.9. The lowest BCUT2D eigenvalue weighted by Crippen LogP contribution is -2.46. The second kappa shape index (κ2) is 8.06. The van der Waals surface area contributed by atoms with Gasteiger partial charge in [-0.2, -0.15) is 4.72 Å². The second-order valence-electron chi connectivity index (χ2n) is 6.86. The minimum atomic E-state index is -4.15. The van der Waals surface area contributed by atoms with Crippen molar-refractivity contribution >= 4 is 27.5 Å². The number of methoxy groups -OCH3 is 1. The van der Waals surface area contributed by atoms with E-state index < -0.39 is 28.1 Å². The SMILES string of the molecule is [CH2][C@H](NS(=O)(=O)c1cccc(N2CCCC2=O)c1OC)C(=O)N1CC[C@H](O)C1. The number of aliphatic hydroxyl groups is 1. The number of likely N-dealkylation sites (tertiary alicyclic amines) is 1. The van der Waals surface area contributed by atoms with E-state index >= 15 is 0 Å². The molecule has 1 aromatic carbocycles. The van der Waals surface area contributed by atoms with Crippen molar-refractivity contribution in [1.82, 2.24) is 9.62 Å². The van der Waals surface area contributed by atoms with Crippen LogP contribution < -0.4 is 14.4 Å². The van der Waals surface area contributed by atoms with Crippen LogP contribution in [0.3, 0.4) is 0 Å². The molecule has 2 atom stereocenters. The van der Waals surface area contributed by atoms with E-state index in [9.17, 15) is 23.1 Å². The lowest BCUT2D eigenvalue weighted by Gasteiger charge is -2.23. The highest BCUT2D eigenvalue weighted by molar-refractivity contribution is 7.89. The second-order valence-corrected chi connectivity index (χ2v) is 8.54. The Bertz CT molecular complexity index is 872. The van der Waals surface area contributed by atoms with Crippen LogP contribution in [0.5, 0.6) is 5.75 Å². The molecule has 9 nitrogen and oxygen atoms in total. The number of sulfonamides is 1. The van der Waals surface area contributed by atoms with Gasteiger partial charge in [0.2, 0.25) is 21.8 Å². The average Bonchev–Trinajstić information content (AvgIpc) is 3.28. The Morgan fingerprint density at radius 3 is 2.71 bits per heavy atom. The van der Waals surface area contributed by atoms with Crippen LogP contribution in [-0.2, 0) is 19.6 Å². The Morgan fingerprint density at radius 2 is 2.14 bits per heavy atom. The van der Waals surface area contributed by atoms with Crippen molar-refractivity contribution in [2.45, 2.75) is 36.3 Å². The molecule has 2 heterocycles. The van der Waals surface area contributed by atoms with Gasteiger partial charge in [0.05, 0.1) is 18.9 Å². The van der Waals surface area contributed by atoms with Crippen LogP contribution in [-0.4, -0.2) is 69.1 Å². The summed E-state index contributed by atoms with van der Waals surface area (Å²) >= 11 is 0. The van der Waals surface area contributed by atoms with Gasteiger partial charge in [-0.15, -0.1) is 0 Å². The van der Waals surface area contributed by atoms with E-state index in [1.165, 1.54) is 29.0 Å². The average molecular weight is 410 g/mol. The standard InChI is InChI=1S/C18H24N3O6S/c1-12(18(24)20-10-8-13(22)11-20)19-28(25,26)15-6-3-5-14(17(15)27-2)21-9-4-7-16(21)23/h3,5-6,12-13,19,22H,1,4,7-11H2,2H3/t12-,13-/m0/s1. The molecule has 153 valence electrons. The minimum absolute atomic E-state index is 0.0430. The summed E-state index contributed by atoms with van der Waals surface area (Å²) in [5, 5.41) is 9.56. The monoisotopic (exact) mass is 410 g/mol. The molecule has 0 bridgehead atoms. The van der Waals surface area contributed by atoms with Crippen molar-refractivity contribution in [3.63, 3.8) is 0 Å². The number of nitrogens with zero attached hydrogens (tertiary/aromatic N) is 2. The Labute approximate surface area is 164 Å². The third-order valence-electron chi connectivity index (χ3n) is 4.89. The maximum Gasteiger partial charge on any atom is 0.245 e. The summed E-state index contributed by atoms with van der Waals surface area (Å²) in [7, 11) is -2.82. The van der Waals surface area contributed by atoms with Crippen LogP contribution in [0.15, 0.2) is 23.1 Å². The number of β-amino-alcohol motifs (C(OH)–C–C–N with tert-alkyl or cyclic N) is 1. The normalized spacial score (nSPS) is 21.2. The molecule has 2 fully saturated rings. The molecule has 1 radical (unpaired) electrons. The van der Waals surface area contributed by atoms with E-state index in [4.69, 9.17) is 4.74 Å². The molecule has 0 saturated carbocycles. The first-order chi connectivity index (χ1) is 13.2. The van der Waals surface area contributed by atoms with Gasteiger partial charge in [-0.05, 0) is 31.9 Å². The third-order valence-corrected chi connectivity index (χ3v) is 6.38. The van der Waals surface area contributed by atoms with E-state index in [-0.39, 0.29) is 23.1 Å². The Balaban J connectivity index is 1.85. The van der Waals surface area contributed by atoms with E-state index in [1.54, 1.807) is 6.07 Å². The zero-order valence-corrected chi connectivity index (χ0v) is 16.4. The predicted octanol–water partition coefficient (Wildman–Crippen LogP) is -0.104. The van der Waals surface area contributed by atoms with Gasteiger partial charge in [0, 0.05) is 26.1 Å². The lowest BCUT2D eigenvalue weighted by atomic mass is 10.2. The highest BCUT2D eigenvalue weighted by Gasteiger charge is 2.33. The van der Waals surface area contributed by atoms with E-state index in [1.807, 2.05) is 0 Å². The number of rotatable bonds is 6. The minimum Gasteiger partial charge on any atom is -0.493 e. The summed E-state index contributed by atoms with van der Waals surface area (Å²) in [5.74, 6) is -0.565. The van der Waals surface area contributed by atoms with E-state index in [2.05, 4.69) is 11.6 Å². The van der Waals surface area contributed by atoms with E-state index in [0.717, 1.165) is 0 Å². The first-order valence-corrected chi connectivity index (χ1v) is 10.5. The van der Waals surface area contributed by atoms with Crippen molar-refractivity contribution in [2.24, 2.45) is 0 Å². The molecule has 2 aliphatic heterocycles. The molecule has 1 aromatic rings. The fourth-order valence-corrected chi connectivity index (χ4v) is 4.79. The van der Waals surface area contributed by atoms with Crippen molar-refractivity contribution in [3.05, 3.63) is 25.1 Å². The first-order valence-electron chi connectivity index (χ1n) is 9.04. The molecule has 2 N–H and O–H groups in total. The van der Waals surface area contributed by atoms with Gasteiger partial charge in [-0.25, -0.2) is 8.42 Å².